The normalized spacial score (nSPS) is 10.7. The fourth-order valence-electron chi connectivity index (χ4n) is 1.78. The number of pyridine rings is 1. The molecule has 112 valence electrons. The molecule has 0 bridgehead atoms. The van der Waals surface area contributed by atoms with E-state index in [4.69, 9.17) is 16.3 Å². The van der Waals surface area contributed by atoms with Crippen molar-refractivity contribution in [3.8, 4) is 11.3 Å². The molecule has 0 radical (unpaired) electrons. The molecule has 2 heterocycles. The molecule has 0 aliphatic heterocycles. The lowest BCUT2D eigenvalue weighted by Crippen LogP contribution is -2.10. The van der Waals surface area contributed by atoms with Crippen molar-refractivity contribution in [3.05, 3.63) is 29.0 Å². The van der Waals surface area contributed by atoms with E-state index in [1.165, 1.54) is 0 Å². The molecule has 2 aromatic rings. The Morgan fingerprint density at radius 3 is 2.90 bits per heavy atom. The summed E-state index contributed by atoms with van der Waals surface area (Å²) in [4.78, 5) is 15.8. The topological polar surface area (TPSA) is 79.9 Å². The molecule has 2 N–H and O–H groups in total. The zero-order chi connectivity index (χ0) is 15.4. The Bertz CT molecular complexity index is 640. The Hall–Kier alpha value is -2.08. The maximum absolute atomic E-state index is 11.6. The maximum atomic E-state index is 11.6. The van der Waals surface area contributed by atoms with Crippen LogP contribution in [0.15, 0.2) is 18.3 Å². The molecule has 6 nitrogen and oxygen atoms in total. The van der Waals surface area contributed by atoms with Gasteiger partial charge in [0, 0.05) is 17.8 Å². The van der Waals surface area contributed by atoms with E-state index in [2.05, 4.69) is 20.5 Å². The van der Waals surface area contributed by atoms with Crippen LogP contribution in [0.2, 0.25) is 5.02 Å². The Kier molecular flexibility index (Phi) is 4.80. The highest BCUT2D eigenvalue weighted by Crippen LogP contribution is 2.28. The number of aromatic amines is 1. The molecule has 0 spiro atoms. The summed E-state index contributed by atoms with van der Waals surface area (Å²) < 4.78 is 4.92. The number of esters is 1. The molecule has 0 unspecified atom stereocenters. The molecule has 0 aliphatic rings. The van der Waals surface area contributed by atoms with Gasteiger partial charge in [0.1, 0.15) is 11.5 Å². The number of halogens is 1. The van der Waals surface area contributed by atoms with Gasteiger partial charge in [-0.15, -0.1) is 0 Å². The van der Waals surface area contributed by atoms with Crippen LogP contribution in [0.25, 0.3) is 11.3 Å². The molecular formula is C14H17ClN4O2. The third-order valence-electron chi connectivity index (χ3n) is 2.64. The van der Waals surface area contributed by atoms with Crippen molar-refractivity contribution in [2.45, 2.75) is 26.8 Å². The average molecular weight is 309 g/mol. The lowest BCUT2D eigenvalue weighted by Gasteiger charge is -2.10. The first kappa shape index (κ1) is 15.3. The molecule has 0 fully saturated rings. The van der Waals surface area contributed by atoms with Crippen LogP contribution in [0.5, 0.6) is 0 Å². The largest absolute Gasteiger partial charge is 0.461 e. The number of nitrogens with one attached hydrogen (secondary N) is 2. The van der Waals surface area contributed by atoms with Gasteiger partial charge in [-0.3, -0.25) is 5.10 Å². The second kappa shape index (κ2) is 6.58. The predicted octanol–water partition coefficient (Wildman–Crippen LogP) is 3.12. The number of hydrogen-bond donors (Lipinski definition) is 2. The summed E-state index contributed by atoms with van der Waals surface area (Å²) in [6.45, 7) is 6.09. The van der Waals surface area contributed by atoms with Gasteiger partial charge in [-0.2, -0.15) is 5.10 Å². The van der Waals surface area contributed by atoms with Gasteiger partial charge in [-0.1, -0.05) is 11.6 Å². The number of carbonyl (C=O) groups excluding carboxylic acids is 1. The zero-order valence-corrected chi connectivity index (χ0v) is 12.9. The van der Waals surface area contributed by atoms with Crippen LogP contribution in [0.4, 0.5) is 5.82 Å². The third kappa shape index (κ3) is 3.72. The van der Waals surface area contributed by atoms with Crippen molar-refractivity contribution >= 4 is 23.4 Å². The number of H-pyrrole nitrogens is 1. The number of ether oxygens (including phenoxy) is 1. The van der Waals surface area contributed by atoms with Crippen LogP contribution >= 0.6 is 11.6 Å². The fourth-order valence-corrected chi connectivity index (χ4v) is 1.98. The van der Waals surface area contributed by atoms with Gasteiger partial charge in [-0.05, 0) is 32.9 Å². The first-order chi connectivity index (χ1) is 10.0. The lowest BCUT2D eigenvalue weighted by molar-refractivity contribution is 0.0519. The monoisotopic (exact) mass is 308 g/mol. The average Bonchev–Trinajstić information content (AvgIpc) is 2.90. The molecular weight excluding hydrogens is 292 g/mol. The molecule has 0 saturated heterocycles. The third-order valence-corrected chi connectivity index (χ3v) is 2.94. The first-order valence-electron chi connectivity index (χ1n) is 6.66. The summed E-state index contributed by atoms with van der Waals surface area (Å²) in [7, 11) is 0. The predicted molar refractivity (Wildman–Crippen MR) is 81.5 cm³/mol. The Morgan fingerprint density at radius 2 is 2.24 bits per heavy atom. The second-order valence-electron chi connectivity index (χ2n) is 4.74. The van der Waals surface area contributed by atoms with Gasteiger partial charge in [0.15, 0.2) is 0 Å². The Morgan fingerprint density at radius 1 is 1.48 bits per heavy atom. The van der Waals surface area contributed by atoms with Gasteiger partial charge in [0.25, 0.3) is 0 Å². The molecule has 0 aliphatic carbocycles. The zero-order valence-electron chi connectivity index (χ0n) is 12.1. The van der Waals surface area contributed by atoms with Crippen LogP contribution in [0.1, 0.15) is 31.3 Å². The van der Waals surface area contributed by atoms with Gasteiger partial charge in [0.2, 0.25) is 0 Å². The van der Waals surface area contributed by atoms with E-state index in [0.29, 0.717) is 28.7 Å². The van der Waals surface area contributed by atoms with Crippen molar-refractivity contribution in [2.24, 2.45) is 0 Å². The van der Waals surface area contributed by atoms with E-state index in [1.807, 2.05) is 13.8 Å². The standard InChI is InChI=1S/C14H17ClN4O2/c1-4-21-14(20)12-6-11(18-19-12)9-5-13(17-8(2)3)16-7-10(9)15/h5-8H,4H2,1-3H3,(H,16,17)(H,18,19). The molecule has 21 heavy (non-hydrogen) atoms. The highest BCUT2D eigenvalue weighted by molar-refractivity contribution is 6.33. The summed E-state index contributed by atoms with van der Waals surface area (Å²) in [5, 5.41) is 10.4. The Labute approximate surface area is 127 Å². The van der Waals surface area contributed by atoms with Crippen molar-refractivity contribution in [2.75, 3.05) is 11.9 Å². The van der Waals surface area contributed by atoms with Crippen molar-refractivity contribution in [3.63, 3.8) is 0 Å². The van der Waals surface area contributed by atoms with E-state index < -0.39 is 5.97 Å². The van der Waals surface area contributed by atoms with E-state index in [0.717, 1.165) is 0 Å². The van der Waals surface area contributed by atoms with Crippen molar-refractivity contribution < 1.29 is 9.53 Å². The number of rotatable bonds is 5. The second-order valence-corrected chi connectivity index (χ2v) is 5.14. The molecule has 0 amide bonds. The van der Waals surface area contributed by atoms with Crippen molar-refractivity contribution in [1.29, 1.82) is 0 Å². The van der Waals surface area contributed by atoms with E-state index in [9.17, 15) is 4.79 Å². The molecule has 0 atom stereocenters. The minimum absolute atomic E-state index is 0.251. The summed E-state index contributed by atoms with van der Waals surface area (Å²) >= 11 is 6.16. The van der Waals surface area contributed by atoms with E-state index in [-0.39, 0.29) is 11.7 Å². The molecule has 0 saturated carbocycles. The van der Waals surface area contributed by atoms with Crippen LogP contribution in [0.3, 0.4) is 0 Å². The van der Waals surface area contributed by atoms with Crippen LogP contribution < -0.4 is 5.32 Å². The minimum Gasteiger partial charge on any atom is -0.461 e. The van der Waals surface area contributed by atoms with Gasteiger partial charge in [-0.25, -0.2) is 9.78 Å². The highest BCUT2D eigenvalue weighted by atomic mass is 35.5. The number of aromatic nitrogens is 3. The molecule has 0 aromatic carbocycles. The van der Waals surface area contributed by atoms with Gasteiger partial charge >= 0.3 is 5.97 Å². The Balaban J connectivity index is 2.31. The lowest BCUT2D eigenvalue weighted by atomic mass is 10.2. The fraction of sp³-hybridized carbons (Fsp3) is 0.357. The maximum Gasteiger partial charge on any atom is 0.356 e. The highest BCUT2D eigenvalue weighted by Gasteiger charge is 2.14. The van der Waals surface area contributed by atoms with Crippen LogP contribution in [-0.2, 0) is 4.74 Å². The van der Waals surface area contributed by atoms with E-state index in [1.54, 1.807) is 25.3 Å². The van der Waals surface area contributed by atoms with Gasteiger partial charge < -0.3 is 10.1 Å². The summed E-state index contributed by atoms with van der Waals surface area (Å²) in [6, 6.07) is 3.66. The van der Waals surface area contributed by atoms with Gasteiger partial charge in [0.05, 0.1) is 17.3 Å². The summed E-state index contributed by atoms with van der Waals surface area (Å²) in [6.07, 6.45) is 1.56. The van der Waals surface area contributed by atoms with Crippen LogP contribution in [-0.4, -0.2) is 33.8 Å². The van der Waals surface area contributed by atoms with E-state index >= 15 is 0 Å². The number of nitrogens with zero attached hydrogens (tertiary/aromatic N) is 2. The smallest absolute Gasteiger partial charge is 0.356 e. The minimum atomic E-state index is -0.443. The number of hydrogen-bond acceptors (Lipinski definition) is 5. The quantitative estimate of drug-likeness (QED) is 0.830. The van der Waals surface area contributed by atoms with Crippen molar-refractivity contribution in [1.82, 2.24) is 15.2 Å². The molecule has 7 heteroatoms. The summed E-state index contributed by atoms with van der Waals surface area (Å²) in [5.74, 6) is 0.257. The number of carbonyl (C=O) groups is 1. The molecule has 2 rings (SSSR count). The summed E-state index contributed by atoms with van der Waals surface area (Å²) in [5.41, 5.74) is 1.55. The first-order valence-corrected chi connectivity index (χ1v) is 7.04. The molecule has 2 aromatic heterocycles. The van der Waals surface area contributed by atoms with Crippen LogP contribution in [0, 0.1) is 0 Å². The SMILES string of the molecule is CCOC(=O)c1cc(-c2cc(NC(C)C)ncc2Cl)n[nH]1. The number of anilines is 1.